The van der Waals surface area contributed by atoms with Crippen molar-refractivity contribution in [2.75, 3.05) is 4.90 Å². The first-order valence-electron chi connectivity index (χ1n) is 10.5. The normalized spacial score (nSPS) is 21.5. The lowest BCUT2D eigenvalue weighted by atomic mass is 9.94. The molecule has 3 heterocycles. The first kappa shape index (κ1) is 20.0. The van der Waals surface area contributed by atoms with E-state index >= 15 is 0 Å². The Labute approximate surface area is 185 Å². The predicted octanol–water partition coefficient (Wildman–Crippen LogP) is 4.34. The largest absolute Gasteiger partial charge is 0.507 e. The fraction of sp³-hybridized carbons (Fsp3) is 0.192. The van der Waals surface area contributed by atoms with Crippen molar-refractivity contribution in [3.63, 3.8) is 0 Å². The Hall–Kier alpha value is -3.93. The van der Waals surface area contributed by atoms with Gasteiger partial charge in [0.15, 0.2) is 0 Å². The Balaban J connectivity index is 1.70. The van der Waals surface area contributed by atoms with E-state index in [1.54, 1.807) is 36.7 Å². The lowest BCUT2D eigenvalue weighted by Crippen LogP contribution is -2.30. The summed E-state index contributed by atoms with van der Waals surface area (Å²) in [5.74, 6) is -0.790. The average molecular weight is 426 g/mol. The van der Waals surface area contributed by atoms with Gasteiger partial charge < -0.3 is 9.84 Å². The Bertz CT molecular complexity index is 1270. The van der Waals surface area contributed by atoms with Crippen molar-refractivity contribution in [1.82, 2.24) is 4.98 Å². The maximum Gasteiger partial charge on any atom is 0.300 e. The lowest BCUT2D eigenvalue weighted by molar-refractivity contribution is -0.132. The van der Waals surface area contributed by atoms with Crippen LogP contribution in [0.2, 0.25) is 0 Å². The molecule has 1 fully saturated rings. The fourth-order valence-corrected chi connectivity index (χ4v) is 4.50. The minimum Gasteiger partial charge on any atom is -0.507 e. The SMILES string of the molecule is Cc1ccccc1N1C(=O)C(=O)/C(=C(\O)c2ccc3c(c2)CC(C)O3)C1c1ccncc1. The van der Waals surface area contributed by atoms with E-state index in [0.717, 1.165) is 23.3 Å². The van der Waals surface area contributed by atoms with Crippen LogP contribution in [0.25, 0.3) is 5.76 Å². The number of para-hydroxylation sites is 1. The van der Waals surface area contributed by atoms with Gasteiger partial charge in [-0.05, 0) is 66.9 Å². The topological polar surface area (TPSA) is 79.7 Å². The molecular weight excluding hydrogens is 404 g/mol. The molecular formula is C26H22N2O4. The van der Waals surface area contributed by atoms with Crippen LogP contribution in [0.15, 0.2) is 72.6 Å². The van der Waals surface area contributed by atoms with Gasteiger partial charge in [0.25, 0.3) is 11.7 Å². The molecule has 1 saturated heterocycles. The molecule has 160 valence electrons. The van der Waals surface area contributed by atoms with E-state index in [9.17, 15) is 14.7 Å². The van der Waals surface area contributed by atoms with Crippen molar-refractivity contribution in [1.29, 1.82) is 0 Å². The molecule has 1 aromatic heterocycles. The highest BCUT2D eigenvalue weighted by Gasteiger charge is 2.47. The molecule has 1 amide bonds. The van der Waals surface area contributed by atoms with Crippen molar-refractivity contribution in [2.24, 2.45) is 0 Å². The molecule has 6 nitrogen and oxygen atoms in total. The Morgan fingerprint density at radius 1 is 1.09 bits per heavy atom. The summed E-state index contributed by atoms with van der Waals surface area (Å²) in [6.45, 7) is 3.87. The molecule has 5 rings (SSSR count). The third kappa shape index (κ3) is 3.15. The number of hydrogen-bond donors (Lipinski definition) is 1. The van der Waals surface area contributed by atoms with Crippen molar-refractivity contribution >= 4 is 23.1 Å². The van der Waals surface area contributed by atoms with Crippen LogP contribution < -0.4 is 9.64 Å². The highest BCUT2D eigenvalue weighted by molar-refractivity contribution is 6.51. The van der Waals surface area contributed by atoms with Crippen LogP contribution >= 0.6 is 0 Å². The van der Waals surface area contributed by atoms with Crippen LogP contribution in [0.3, 0.4) is 0 Å². The smallest absolute Gasteiger partial charge is 0.300 e. The number of aromatic nitrogens is 1. The van der Waals surface area contributed by atoms with Crippen LogP contribution in [-0.4, -0.2) is 27.9 Å². The summed E-state index contributed by atoms with van der Waals surface area (Å²) in [5.41, 5.74) is 3.71. The van der Waals surface area contributed by atoms with Crippen molar-refractivity contribution < 1.29 is 19.4 Å². The minimum absolute atomic E-state index is 0.0610. The van der Waals surface area contributed by atoms with Gasteiger partial charge in [0.2, 0.25) is 0 Å². The van der Waals surface area contributed by atoms with Crippen LogP contribution in [0.1, 0.15) is 35.2 Å². The number of Topliss-reactive ketones (excluding diaryl/α,β-unsaturated/α-hetero) is 1. The van der Waals surface area contributed by atoms with Crippen LogP contribution in [0.5, 0.6) is 5.75 Å². The number of ether oxygens (including phenoxy) is 1. The third-order valence-electron chi connectivity index (χ3n) is 6.01. The maximum absolute atomic E-state index is 13.2. The maximum atomic E-state index is 13.2. The number of carbonyl (C=O) groups is 2. The van der Waals surface area contributed by atoms with E-state index in [1.807, 2.05) is 44.2 Å². The number of aliphatic hydroxyl groups excluding tert-OH is 1. The second kappa shape index (κ2) is 7.64. The zero-order valence-corrected chi connectivity index (χ0v) is 17.8. The highest BCUT2D eigenvalue weighted by atomic mass is 16.5. The summed E-state index contributed by atoms with van der Waals surface area (Å²) < 4.78 is 5.75. The van der Waals surface area contributed by atoms with E-state index in [-0.39, 0.29) is 17.4 Å². The average Bonchev–Trinajstić information content (AvgIpc) is 3.30. The molecule has 2 aliphatic rings. The number of carbonyl (C=O) groups excluding carboxylic acids is 2. The summed E-state index contributed by atoms with van der Waals surface area (Å²) >= 11 is 0. The molecule has 6 heteroatoms. The molecule has 0 saturated carbocycles. The predicted molar refractivity (Wildman–Crippen MR) is 120 cm³/mol. The second-order valence-corrected chi connectivity index (χ2v) is 8.19. The zero-order valence-electron chi connectivity index (χ0n) is 17.8. The lowest BCUT2D eigenvalue weighted by Gasteiger charge is -2.26. The van der Waals surface area contributed by atoms with E-state index in [1.165, 1.54) is 4.90 Å². The molecule has 2 unspecified atom stereocenters. The number of anilines is 1. The number of nitrogens with zero attached hydrogens (tertiary/aromatic N) is 2. The van der Waals surface area contributed by atoms with E-state index in [0.29, 0.717) is 16.8 Å². The zero-order chi connectivity index (χ0) is 22.4. The summed E-state index contributed by atoms with van der Waals surface area (Å²) in [6, 6.07) is 15.5. The summed E-state index contributed by atoms with van der Waals surface area (Å²) in [4.78, 5) is 32.0. The second-order valence-electron chi connectivity index (χ2n) is 8.19. The number of benzene rings is 2. The standard InChI is InChI=1S/C26H22N2O4/c1-15-5-3-4-6-20(15)28-23(17-9-11-27-12-10-17)22(25(30)26(28)31)24(29)18-7-8-21-19(14-18)13-16(2)32-21/h3-12,14,16,23,29H,13H2,1-2H3/b24-22-. The van der Waals surface area contributed by atoms with Gasteiger partial charge in [-0.3, -0.25) is 19.5 Å². The minimum atomic E-state index is -0.762. The fourth-order valence-electron chi connectivity index (χ4n) is 4.50. The molecule has 2 aliphatic heterocycles. The Morgan fingerprint density at radius 2 is 1.84 bits per heavy atom. The van der Waals surface area contributed by atoms with Gasteiger partial charge in [0, 0.05) is 30.1 Å². The highest BCUT2D eigenvalue weighted by Crippen LogP contribution is 2.43. The van der Waals surface area contributed by atoms with Crippen LogP contribution in [-0.2, 0) is 16.0 Å². The van der Waals surface area contributed by atoms with Gasteiger partial charge in [0.05, 0.1) is 11.6 Å². The number of amides is 1. The van der Waals surface area contributed by atoms with E-state index < -0.39 is 17.7 Å². The molecule has 0 bridgehead atoms. The van der Waals surface area contributed by atoms with E-state index in [4.69, 9.17) is 4.74 Å². The summed E-state index contributed by atoms with van der Waals surface area (Å²) in [6.07, 6.45) is 4.01. The van der Waals surface area contributed by atoms with Crippen LogP contribution in [0, 0.1) is 6.92 Å². The van der Waals surface area contributed by atoms with E-state index in [2.05, 4.69) is 4.98 Å². The van der Waals surface area contributed by atoms with Gasteiger partial charge in [-0.15, -0.1) is 0 Å². The number of hydrogen-bond acceptors (Lipinski definition) is 5. The molecule has 2 atom stereocenters. The van der Waals surface area contributed by atoms with Gasteiger partial charge in [-0.25, -0.2) is 0 Å². The van der Waals surface area contributed by atoms with Gasteiger partial charge in [-0.1, -0.05) is 18.2 Å². The summed E-state index contributed by atoms with van der Waals surface area (Å²) in [7, 11) is 0. The first-order chi connectivity index (χ1) is 15.5. The quantitative estimate of drug-likeness (QED) is 0.383. The number of fused-ring (bicyclic) bond motifs is 1. The molecule has 32 heavy (non-hydrogen) atoms. The monoisotopic (exact) mass is 426 g/mol. The molecule has 0 radical (unpaired) electrons. The van der Waals surface area contributed by atoms with Crippen molar-refractivity contribution in [3.05, 3.63) is 94.8 Å². The Morgan fingerprint density at radius 3 is 2.59 bits per heavy atom. The Kier molecular flexibility index (Phi) is 4.78. The van der Waals surface area contributed by atoms with Crippen molar-refractivity contribution in [3.8, 4) is 5.75 Å². The summed E-state index contributed by atoms with van der Waals surface area (Å²) in [5, 5.41) is 11.3. The number of aryl methyl sites for hydroxylation is 1. The molecule has 1 N–H and O–H groups in total. The first-order valence-corrected chi connectivity index (χ1v) is 10.5. The molecule has 3 aromatic rings. The third-order valence-corrected chi connectivity index (χ3v) is 6.01. The van der Waals surface area contributed by atoms with Gasteiger partial charge in [0.1, 0.15) is 17.6 Å². The number of rotatable bonds is 3. The number of ketones is 1. The number of pyridine rings is 1. The molecule has 0 aliphatic carbocycles. The van der Waals surface area contributed by atoms with Crippen LogP contribution in [0.4, 0.5) is 5.69 Å². The van der Waals surface area contributed by atoms with Gasteiger partial charge in [-0.2, -0.15) is 0 Å². The van der Waals surface area contributed by atoms with Crippen molar-refractivity contribution in [2.45, 2.75) is 32.4 Å². The molecule has 2 aromatic carbocycles. The van der Waals surface area contributed by atoms with Gasteiger partial charge >= 0.3 is 0 Å². The molecule has 0 spiro atoms. The number of aliphatic hydroxyl groups is 1.